The summed E-state index contributed by atoms with van der Waals surface area (Å²) in [7, 11) is 0. The molecule has 0 aromatic heterocycles. The monoisotopic (exact) mass is 528 g/mol. The topological polar surface area (TPSA) is 69.7 Å². The van der Waals surface area contributed by atoms with Crippen molar-refractivity contribution in [2.45, 2.75) is 38.7 Å². The van der Waals surface area contributed by atoms with Crippen LogP contribution in [0.15, 0.2) is 78.4 Å². The van der Waals surface area contributed by atoms with E-state index >= 15 is 0 Å². The van der Waals surface area contributed by atoms with E-state index in [9.17, 15) is 14.4 Å². The lowest BCUT2D eigenvalue weighted by Gasteiger charge is -2.47. The van der Waals surface area contributed by atoms with E-state index < -0.39 is 41.5 Å². The number of ether oxygens (including phenoxy) is 2. The van der Waals surface area contributed by atoms with E-state index in [4.69, 9.17) is 21.1 Å². The first-order chi connectivity index (χ1) is 18.3. The molecule has 0 amide bonds. The summed E-state index contributed by atoms with van der Waals surface area (Å²) in [5, 5.41) is 0.499. The maximum atomic E-state index is 13.9. The number of carbonyl (C=O) groups is 3. The number of allylic oxidation sites excluding steroid dienone is 1. The Bertz CT molecular complexity index is 1410. The van der Waals surface area contributed by atoms with Crippen LogP contribution in [0, 0.1) is 25.7 Å². The maximum Gasteiger partial charge on any atom is 0.374 e. The van der Waals surface area contributed by atoms with E-state index in [2.05, 4.69) is 0 Å². The fraction of sp³-hybridized carbons (Fsp3) is 0.281. The Labute approximate surface area is 227 Å². The molecule has 3 aromatic rings. The third-order valence-electron chi connectivity index (χ3n) is 7.60. The Balaban J connectivity index is 1.76. The van der Waals surface area contributed by atoms with Gasteiger partial charge in [0.15, 0.2) is 0 Å². The summed E-state index contributed by atoms with van der Waals surface area (Å²) in [5.41, 5.74) is 5.06. The molecule has 0 fully saturated rings. The minimum atomic E-state index is -0.900. The Morgan fingerprint density at radius 1 is 0.947 bits per heavy atom. The quantitative estimate of drug-likeness (QED) is 0.208. The third-order valence-corrected chi connectivity index (χ3v) is 7.83. The molecule has 6 heteroatoms. The van der Waals surface area contributed by atoms with E-state index in [1.807, 2.05) is 68.5 Å². The Hall–Kier alpha value is -3.70. The van der Waals surface area contributed by atoms with Gasteiger partial charge in [0.2, 0.25) is 5.78 Å². The molecular formula is C32H29ClO5. The zero-order valence-corrected chi connectivity index (χ0v) is 22.3. The van der Waals surface area contributed by atoms with E-state index in [0.717, 1.165) is 34.1 Å². The van der Waals surface area contributed by atoms with Crippen LogP contribution in [0.5, 0.6) is 5.75 Å². The molecule has 2 aliphatic rings. The molecule has 0 saturated carbocycles. The minimum absolute atomic E-state index is 0.0779. The van der Waals surface area contributed by atoms with Crippen LogP contribution in [-0.2, 0) is 19.1 Å². The standard InChI is InChI=1S/C32H29ClO5/c1-4-37-32(36)30(35)29-27(20-9-5-18(2)6-10-20)22(17-34)15-25-28(29)24-16-23(33)13-14-26(24)38-31(25)21-11-7-19(3)8-12-21/h5-17,25,27-29,31H,4H2,1-3H3/t25-,27+,28+,29-,31+/m0/s1. The van der Waals surface area contributed by atoms with Crippen LogP contribution >= 0.6 is 11.6 Å². The van der Waals surface area contributed by atoms with Crippen molar-refractivity contribution in [1.82, 2.24) is 0 Å². The second-order valence-corrected chi connectivity index (χ2v) is 10.5. The smallest absolute Gasteiger partial charge is 0.374 e. The van der Waals surface area contributed by atoms with Crippen LogP contribution < -0.4 is 4.74 Å². The number of halogens is 1. The van der Waals surface area contributed by atoms with Gasteiger partial charge in [0.1, 0.15) is 18.1 Å². The molecule has 5 rings (SSSR count). The van der Waals surface area contributed by atoms with Crippen molar-refractivity contribution < 1.29 is 23.9 Å². The summed E-state index contributed by atoms with van der Waals surface area (Å²) >= 11 is 6.44. The van der Waals surface area contributed by atoms with E-state index in [1.165, 1.54) is 0 Å². The molecule has 0 radical (unpaired) electrons. The highest BCUT2D eigenvalue weighted by Crippen LogP contribution is 2.57. The summed E-state index contributed by atoms with van der Waals surface area (Å²) in [6.07, 6.45) is 2.25. The Morgan fingerprint density at radius 3 is 2.18 bits per heavy atom. The number of hydrogen-bond donors (Lipinski definition) is 0. The highest BCUT2D eigenvalue weighted by molar-refractivity contribution is 6.35. The molecule has 1 heterocycles. The number of ketones is 1. The molecule has 0 spiro atoms. The first-order valence-electron chi connectivity index (χ1n) is 12.8. The lowest BCUT2D eigenvalue weighted by Crippen LogP contribution is -2.44. The van der Waals surface area contributed by atoms with Gasteiger partial charge in [-0.25, -0.2) is 4.79 Å². The fourth-order valence-corrected chi connectivity index (χ4v) is 6.03. The summed E-state index contributed by atoms with van der Waals surface area (Å²) in [5.74, 6) is -3.34. The molecular weight excluding hydrogens is 500 g/mol. The molecule has 3 aromatic carbocycles. The van der Waals surface area contributed by atoms with Gasteiger partial charge in [0.05, 0.1) is 6.61 Å². The van der Waals surface area contributed by atoms with Crippen molar-refractivity contribution >= 4 is 29.6 Å². The van der Waals surface area contributed by atoms with Crippen LogP contribution in [0.25, 0.3) is 0 Å². The van der Waals surface area contributed by atoms with Crippen molar-refractivity contribution in [3.05, 3.63) is 111 Å². The normalized spacial score (nSPS) is 23.8. The van der Waals surface area contributed by atoms with Crippen molar-refractivity contribution in [3.8, 4) is 5.75 Å². The van der Waals surface area contributed by atoms with Crippen molar-refractivity contribution in [2.75, 3.05) is 6.61 Å². The predicted molar refractivity (Wildman–Crippen MR) is 145 cm³/mol. The minimum Gasteiger partial charge on any atom is -0.485 e. The van der Waals surface area contributed by atoms with Gasteiger partial charge in [-0.15, -0.1) is 0 Å². The van der Waals surface area contributed by atoms with Gasteiger partial charge in [-0.05, 0) is 55.7 Å². The first-order valence-corrected chi connectivity index (χ1v) is 13.2. The first kappa shape index (κ1) is 25.9. The highest BCUT2D eigenvalue weighted by atomic mass is 35.5. The van der Waals surface area contributed by atoms with E-state index in [-0.39, 0.29) is 6.61 Å². The van der Waals surface area contributed by atoms with Crippen LogP contribution in [0.3, 0.4) is 0 Å². The van der Waals surface area contributed by atoms with Gasteiger partial charge in [-0.2, -0.15) is 0 Å². The summed E-state index contributed by atoms with van der Waals surface area (Å²) in [6, 6.07) is 21.1. The molecule has 5 nitrogen and oxygen atoms in total. The third kappa shape index (κ3) is 4.67. The number of Topliss-reactive ketones (excluding diaryl/α,β-unsaturated/α-hetero) is 1. The zero-order chi connectivity index (χ0) is 27.0. The number of aryl methyl sites for hydroxylation is 2. The second kappa shape index (κ2) is 10.6. The maximum absolute atomic E-state index is 13.9. The van der Waals surface area contributed by atoms with Gasteiger partial charge in [-0.3, -0.25) is 9.59 Å². The summed E-state index contributed by atoms with van der Waals surface area (Å²) in [6.45, 7) is 5.73. The number of rotatable bonds is 6. The van der Waals surface area contributed by atoms with Gasteiger partial charge in [0.25, 0.3) is 0 Å². The van der Waals surface area contributed by atoms with E-state index in [0.29, 0.717) is 16.3 Å². The van der Waals surface area contributed by atoms with Crippen LogP contribution in [0.2, 0.25) is 5.02 Å². The molecule has 0 N–H and O–H groups in total. The Morgan fingerprint density at radius 2 is 1.58 bits per heavy atom. The van der Waals surface area contributed by atoms with Gasteiger partial charge < -0.3 is 9.47 Å². The molecule has 5 atom stereocenters. The zero-order valence-electron chi connectivity index (χ0n) is 21.5. The molecule has 1 aliphatic heterocycles. The van der Waals surface area contributed by atoms with Crippen molar-refractivity contribution in [2.24, 2.45) is 11.8 Å². The van der Waals surface area contributed by atoms with E-state index in [1.54, 1.807) is 25.1 Å². The average Bonchev–Trinajstić information content (AvgIpc) is 2.92. The molecule has 0 saturated heterocycles. The predicted octanol–water partition coefficient (Wildman–Crippen LogP) is 6.46. The Kier molecular flexibility index (Phi) is 7.22. The second-order valence-electron chi connectivity index (χ2n) is 10.0. The summed E-state index contributed by atoms with van der Waals surface area (Å²) in [4.78, 5) is 39.5. The van der Waals surface area contributed by atoms with Gasteiger partial charge in [-0.1, -0.05) is 77.3 Å². The van der Waals surface area contributed by atoms with Crippen molar-refractivity contribution in [1.29, 1.82) is 0 Å². The van der Waals surface area contributed by atoms with Gasteiger partial charge >= 0.3 is 5.97 Å². The number of hydrogen-bond acceptors (Lipinski definition) is 5. The SMILES string of the molecule is CCOC(=O)C(=O)[C@@H]1[C@@H]2c3cc(Cl)ccc3O[C@H](c3ccc(C)cc3)[C@H]2C=C(C=O)[C@H]1c1ccc(C)cc1. The number of carbonyl (C=O) groups excluding carboxylic acids is 3. The average molecular weight is 529 g/mol. The van der Waals surface area contributed by atoms with Crippen LogP contribution in [0.4, 0.5) is 0 Å². The number of fused-ring (bicyclic) bond motifs is 3. The molecule has 194 valence electrons. The molecule has 1 aliphatic carbocycles. The number of esters is 1. The summed E-state index contributed by atoms with van der Waals surface area (Å²) < 4.78 is 11.7. The van der Waals surface area contributed by atoms with Crippen molar-refractivity contribution in [3.63, 3.8) is 0 Å². The number of benzene rings is 3. The lowest BCUT2D eigenvalue weighted by atomic mass is 9.59. The lowest BCUT2D eigenvalue weighted by molar-refractivity contribution is -0.156. The largest absolute Gasteiger partial charge is 0.485 e. The van der Waals surface area contributed by atoms with Crippen LogP contribution in [0.1, 0.15) is 52.7 Å². The molecule has 0 unspecified atom stereocenters. The van der Waals surface area contributed by atoms with Gasteiger partial charge in [0, 0.05) is 34.3 Å². The number of aldehydes is 1. The highest BCUT2D eigenvalue weighted by Gasteiger charge is 2.52. The van der Waals surface area contributed by atoms with Crippen LogP contribution in [-0.4, -0.2) is 24.6 Å². The molecule has 0 bridgehead atoms. The molecule has 38 heavy (non-hydrogen) atoms. The fourth-order valence-electron chi connectivity index (χ4n) is 5.85.